The molecule has 0 aliphatic rings. The minimum absolute atomic E-state index is 0.275. The number of aromatic nitrogens is 2. The standard InChI is InChI=1S/C17H16N4O2/c1-12-5-2-3-7-14(12)21-17(22)15-9-16(20-11-19-15)18-10-13-6-4-8-23-13/h2-9,11H,10H2,1H3,(H,21,22)(H,18,19,20). The van der Waals surface area contributed by atoms with Crippen LogP contribution in [0.3, 0.4) is 0 Å². The predicted molar refractivity (Wildman–Crippen MR) is 87.2 cm³/mol. The van der Waals surface area contributed by atoms with Gasteiger partial charge in [-0.1, -0.05) is 18.2 Å². The third kappa shape index (κ3) is 3.74. The summed E-state index contributed by atoms with van der Waals surface area (Å²) in [6, 6.07) is 12.9. The van der Waals surface area contributed by atoms with Crippen LogP contribution in [0.15, 0.2) is 59.5 Å². The van der Waals surface area contributed by atoms with Crippen LogP contribution in [0.2, 0.25) is 0 Å². The lowest BCUT2D eigenvalue weighted by molar-refractivity contribution is 0.102. The Kier molecular flexibility index (Phi) is 4.33. The molecule has 1 amide bonds. The van der Waals surface area contributed by atoms with Gasteiger partial charge in [-0.2, -0.15) is 0 Å². The molecule has 0 fully saturated rings. The Balaban J connectivity index is 1.69. The lowest BCUT2D eigenvalue weighted by Gasteiger charge is -2.08. The van der Waals surface area contributed by atoms with Crippen LogP contribution in [0, 0.1) is 6.92 Å². The summed E-state index contributed by atoms with van der Waals surface area (Å²) in [6.07, 6.45) is 2.97. The monoisotopic (exact) mass is 308 g/mol. The van der Waals surface area contributed by atoms with E-state index >= 15 is 0 Å². The second-order valence-electron chi connectivity index (χ2n) is 4.99. The summed E-state index contributed by atoms with van der Waals surface area (Å²) in [5, 5.41) is 5.94. The number of carbonyl (C=O) groups excluding carboxylic acids is 1. The zero-order valence-electron chi connectivity index (χ0n) is 12.6. The molecule has 0 radical (unpaired) electrons. The van der Waals surface area contributed by atoms with E-state index < -0.39 is 0 Å². The molecule has 1 aromatic carbocycles. The molecular weight excluding hydrogens is 292 g/mol. The Morgan fingerprint density at radius 1 is 1.17 bits per heavy atom. The number of para-hydroxylation sites is 1. The van der Waals surface area contributed by atoms with Gasteiger partial charge in [-0.05, 0) is 30.7 Å². The fourth-order valence-electron chi connectivity index (χ4n) is 2.07. The third-order valence-corrected chi connectivity index (χ3v) is 3.32. The summed E-state index contributed by atoms with van der Waals surface area (Å²) in [7, 11) is 0. The van der Waals surface area contributed by atoms with E-state index in [0.29, 0.717) is 18.1 Å². The molecule has 116 valence electrons. The number of aryl methyl sites for hydroxylation is 1. The van der Waals surface area contributed by atoms with Gasteiger partial charge in [-0.25, -0.2) is 9.97 Å². The maximum atomic E-state index is 12.3. The molecule has 2 heterocycles. The molecule has 0 unspecified atom stereocenters. The maximum absolute atomic E-state index is 12.3. The highest BCUT2D eigenvalue weighted by Crippen LogP contribution is 2.15. The number of nitrogens with zero attached hydrogens (tertiary/aromatic N) is 2. The molecule has 0 aliphatic heterocycles. The first-order valence-electron chi connectivity index (χ1n) is 7.17. The minimum atomic E-state index is -0.275. The molecule has 0 atom stereocenters. The minimum Gasteiger partial charge on any atom is -0.467 e. The van der Waals surface area contributed by atoms with Crippen molar-refractivity contribution in [3.63, 3.8) is 0 Å². The van der Waals surface area contributed by atoms with E-state index in [9.17, 15) is 4.79 Å². The SMILES string of the molecule is Cc1ccccc1NC(=O)c1cc(NCc2ccco2)ncn1. The van der Waals surface area contributed by atoms with Gasteiger partial charge in [0.05, 0.1) is 12.8 Å². The molecule has 2 N–H and O–H groups in total. The first-order chi connectivity index (χ1) is 11.2. The number of nitrogens with one attached hydrogen (secondary N) is 2. The van der Waals surface area contributed by atoms with Crippen molar-refractivity contribution in [1.29, 1.82) is 0 Å². The summed E-state index contributed by atoms with van der Waals surface area (Å²) in [4.78, 5) is 20.4. The van der Waals surface area contributed by atoms with Crippen molar-refractivity contribution in [3.05, 3.63) is 72.1 Å². The van der Waals surface area contributed by atoms with E-state index in [1.807, 2.05) is 43.3 Å². The predicted octanol–water partition coefficient (Wildman–Crippen LogP) is 3.24. The molecule has 3 aromatic rings. The lowest BCUT2D eigenvalue weighted by atomic mass is 10.2. The number of benzene rings is 1. The van der Waals surface area contributed by atoms with Crippen LogP contribution in [-0.4, -0.2) is 15.9 Å². The van der Waals surface area contributed by atoms with E-state index in [-0.39, 0.29) is 5.91 Å². The molecule has 0 saturated heterocycles. The Morgan fingerprint density at radius 3 is 2.83 bits per heavy atom. The van der Waals surface area contributed by atoms with Crippen LogP contribution in [0.1, 0.15) is 21.8 Å². The van der Waals surface area contributed by atoms with Crippen molar-refractivity contribution >= 4 is 17.4 Å². The van der Waals surface area contributed by atoms with E-state index in [2.05, 4.69) is 20.6 Å². The quantitative estimate of drug-likeness (QED) is 0.756. The molecule has 23 heavy (non-hydrogen) atoms. The first kappa shape index (κ1) is 14.8. The fraction of sp³-hybridized carbons (Fsp3) is 0.118. The number of hydrogen-bond donors (Lipinski definition) is 2. The van der Waals surface area contributed by atoms with Gasteiger partial charge in [-0.3, -0.25) is 4.79 Å². The van der Waals surface area contributed by atoms with Crippen LogP contribution in [0.4, 0.5) is 11.5 Å². The van der Waals surface area contributed by atoms with Crippen LogP contribution in [-0.2, 0) is 6.54 Å². The van der Waals surface area contributed by atoms with Gasteiger partial charge < -0.3 is 15.1 Å². The van der Waals surface area contributed by atoms with Crippen molar-refractivity contribution in [2.24, 2.45) is 0 Å². The highest BCUT2D eigenvalue weighted by atomic mass is 16.3. The van der Waals surface area contributed by atoms with Gasteiger partial charge in [0, 0.05) is 11.8 Å². The Labute approximate surface area is 133 Å². The number of rotatable bonds is 5. The molecular formula is C17H16N4O2. The van der Waals surface area contributed by atoms with Gasteiger partial charge in [0.15, 0.2) is 0 Å². The number of furan rings is 1. The zero-order valence-corrected chi connectivity index (χ0v) is 12.6. The van der Waals surface area contributed by atoms with Gasteiger partial charge in [-0.15, -0.1) is 0 Å². The highest BCUT2D eigenvalue weighted by Gasteiger charge is 2.10. The highest BCUT2D eigenvalue weighted by molar-refractivity contribution is 6.03. The number of hydrogen-bond acceptors (Lipinski definition) is 5. The van der Waals surface area contributed by atoms with Gasteiger partial charge >= 0.3 is 0 Å². The smallest absolute Gasteiger partial charge is 0.274 e. The molecule has 0 aliphatic carbocycles. The molecule has 0 bridgehead atoms. The van der Waals surface area contributed by atoms with Crippen LogP contribution in [0.5, 0.6) is 0 Å². The van der Waals surface area contributed by atoms with Crippen LogP contribution >= 0.6 is 0 Å². The van der Waals surface area contributed by atoms with E-state index in [1.54, 1.807) is 12.3 Å². The fourth-order valence-corrected chi connectivity index (χ4v) is 2.07. The van der Waals surface area contributed by atoms with Crippen molar-refractivity contribution in [2.45, 2.75) is 13.5 Å². The number of amides is 1. The maximum Gasteiger partial charge on any atom is 0.274 e. The summed E-state index contributed by atoms with van der Waals surface area (Å²) < 4.78 is 5.24. The number of carbonyl (C=O) groups is 1. The second-order valence-corrected chi connectivity index (χ2v) is 4.99. The topological polar surface area (TPSA) is 80.0 Å². The van der Waals surface area contributed by atoms with Crippen molar-refractivity contribution in [3.8, 4) is 0 Å². The van der Waals surface area contributed by atoms with Gasteiger partial charge in [0.1, 0.15) is 23.6 Å². The zero-order chi connectivity index (χ0) is 16.1. The molecule has 0 saturated carbocycles. The Morgan fingerprint density at radius 2 is 2.04 bits per heavy atom. The van der Waals surface area contributed by atoms with E-state index in [0.717, 1.165) is 17.0 Å². The summed E-state index contributed by atoms with van der Waals surface area (Å²) in [6.45, 7) is 2.43. The van der Waals surface area contributed by atoms with Crippen LogP contribution in [0.25, 0.3) is 0 Å². The van der Waals surface area contributed by atoms with Gasteiger partial charge in [0.25, 0.3) is 5.91 Å². The third-order valence-electron chi connectivity index (χ3n) is 3.32. The normalized spacial score (nSPS) is 10.3. The average Bonchev–Trinajstić information content (AvgIpc) is 3.09. The Hall–Kier alpha value is -3.15. The molecule has 6 heteroatoms. The van der Waals surface area contributed by atoms with Crippen molar-refractivity contribution < 1.29 is 9.21 Å². The summed E-state index contributed by atoms with van der Waals surface area (Å²) in [5.74, 6) is 1.07. The van der Waals surface area contributed by atoms with Crippen molar-refractivity contribution in [1.82, 2.24) is 9.97 Å². The molecule has 3 rings (SSSR count). The average molecular weight is 308 g/mol. The van der Waals surface area contributed by atoms with Crippen LogP contribution < -0.4 is 10.6 Å². The molecule has 6 nitrogen and oxygen atoms in total. The summed E-state index contributed by atoms with van der Waals surface area (Å²) >= 11 is 0. The molecule has 0 spiro atoms. The molecule has 2 aromatic heterocycles. The first-order valence-corrected chi connectivity index (χ1v) is 7.17. The van der Waals surface area contributed by atoms with E-state index in [1.165, 1.54) is 6.33 Å². The summed E-state index contributed by atoms with van der Waals surface area (Å²) in [5.41, 5.74) is 2.05. The lowest BCUT2D eigenvalue weighted by Crippen LogP contribution is -2.15. The second kappa shape index (κ2) is 6.74. The number of anilines is 2. The largest absolute Gasteiger partial charge is 0.467 e. The Bertz CT molecular complexity index is 800. The van der Waals surface area contributed by atoms with E-state index in [4.69, 9.17) is 4.42 Å². The van der Waals surface area contributed by atoms with Crippen molar-refractivity contribution in [2.75, 3.05) is 10.6 Å². The van der Waals surface area contributed by atoms with Gasteiger partial charge in [0.2, 0.25) is 0 Å².